The minimum Gasteiger partial charge on any atom is -0.298 e. The van der Waals surface area contributed by atoms with Crippen molar-refractivity contribution >= 4 is 6.29 Å². The summed E-state index contributed by atoms with van der Waals surface area (Å²) in [5.74, 6) is 2.70. The quantitative estimate of drug-likeness (QED) is 0.507. The molecule has 0 aliphatic heterocycles. The third kappa shape index (κ3) is 3.19. The first-order chi connectivity index (χ1) is 7.06. The SMILES string of the molecule is C=C(C=O)C(C)C1CCCC(C(C)C)C1. The van der Waals surface area contributed by atoms with E-state index in [9.17, 15) is 4.79 Å². The Kier molecular flexibility index (Phi) is 4.56. The molecule has 0 aromatic rings. The van der Waals surface area contributed by atoms with Crippen molar-refractivity contribution in [2.75, 3.05) is 0 Å². The molecule has 3 unspecified atom stereocenters. The first kappa shape index (κ1) is 12.5. The van der Waals surface area contributed by atoms with E-state index >= 15 is 0 Å². The second-order valence-corrected chi connectivity index (χ2v) is 5.41. The molecule has 0 heterocycles. The molecule has 1 saturated carbocycles. The van der Waals surface area contributed by atoms with E-state index in [1.54, 1.807) is 0 Å². The predicted octanol–water partition coefficient (Wildman–Crippen LogP) is 3.84. The van der Waals surface area contributed by atoms with Gasteiger partial charge in [0, 0.05) is 0 Å². The summed E-state index contributed by atoms with van der Waals surface area (Å²) in [4.78, 5) is 10.7. The van der Waals surface area contributed by atoms with Gasteiger partial charge in [0.2, 0.25) is 0 Å². The van der Waals surface area contributed by atoms with Crippen molar-refractivity contribution in [3.63, 3.8) is 0 Å². The van der Waals surface area contributed by atoms with Crippen molar-refractivity contribution in [1.82, 2.24) is 0 Å². The molecule has 0 spiro atoms. The molecule has 1 aliphatic rings. The van der Waals surface area contributed by atoms with E-state index in [4.69, 9.17) is 0 Å². The van der Waals surface area contributed by atoms with E-state index in [1.807, 2.05) is 0 Å². The summed E-state index contributed by atoms with van der Waals surface area (Å²) in [5, 5.41) is 0. The van der Waals surface area contributed by atoms with Crippen molar-refractivity contribution in [3.8, 4) is 0 Å². The summed E-state index contributed by atoms with van der Waals surface area (Å²) >= 11 is 0. The van der Waals surface area contributed by atoms with Crippen molar-refractivity contribution in [2.45, 2.75) is 46.5 Å². The van der Waals surface area contributed by atoms with E-state index in [1.165, 1.54) is 25.7 Å². The molecule has 1 rings (SSSR count). The third-order valence-electron chi connectivity index (χ3n) is 4.14. The summed E-state index contributed by atoms with van der Waals surface area (Å²) < 4.78 is 0. The van der Waals surface area contributed by atoms with Gasteiger partial charge < -0.3 is 0 Å². The van der Waals surface area contributed by atoms with Gasteiger partial charge in [-0.15, -0.1) is 0 Å². The molecular weight excluding hydrogens is 184 g/mol. The van der Waals surface area contributed by atoms with Gasteiger partial charge >= 0.3 is 0 Å². The smallest absolute Gasteiger partial charge is 0.145 e. The van der Waals surface area contributed by atoms with E-state index in [0.29, 0.717) is 11.8 Å². The first-order valence-electron chi connectivity index (χ1n) is 6.20. The minimum absolute atomic E-state index is 0.379. The van der Waals surface area contributed by atoms with Crippen LogP contribution in [0.5, 0.6) is 0 Å². The second-order valence-electron chi connectivity index (χ2n) is 5.41. The zero-order chi connectivity index (χ0) is 11.4. The number of hydrogen-bond donors (Lipinski definition) is 0. The van der Waals surface area contributed by atoms with Crippen LogP contribution < -0.4 is 0 Å². The van der Waals surface area contributed by atoms with Gasteiger partial charge in [0.15, 0.2) is 0 Å². The van der Waals surface area contributed by atoms with Gasteiger partial charge in [0.25, 0.3) is 0 Å². The van der Waals surface area contributed by atoms with Crippen LogP contribution in [0.2, 0.25) is 0 Å². The van der Waals surface area contributed by atoms with Crippen LogP contribution in [0.25, 0.3) is 0 Å². The van der Waals surface area contributed by atoms with Crippen LogP contribution in [0.4, 0.5) is 0 Å². The Morgan fingerprint density at radius 1 is 1.27 bits per heavy atom. The zero-order valence-corrected chi connectivity index (χ0v) is 10.3. The summed E-state index contributed by atoms with van der Waals surface area (Å²) in [7, 11) is 0. The minimum atomic E-state index is 0.379. The molecule has 1 aliphatic carbocycles. The molecule has 0 saturated heterocycles. The molecule has 0 bridgehead atoms. The van der Waals surface area contributed by atoms with Gasteiger partial charge in [-0.2, -0.15) is 0 Å². The molecule has 0 amide bonds. The van der Waals surface area contributed by atoms with Gasteiger partial charge in [0.05, 0.1) is 0 Å². The summed E-state index contributed by atoms with van der Waals surface area (Å²) in [6.45, 7) is 10.6. The van der Waals surface area contributed by atoms with Crippen LogP contribution in [-0.2, 0) is 4.79 Å². The number of carbonyl (C=O) groups excluding carboxylic acids is 1. The van der Waals surface area contributed by atoms with Crippen molar-refractivity contribution in [2.24, 2.45) is 23.7 Å². The molecule has 1 fully saturated rings. The number of aldehydes is 1. The zero-order valence-electron chi connectivity index (χ0n) is 10.3. The molecular formula is C14H24O. The summed E-state index contributed by atoms with van der Waals surface area (Å²) in [5.41, 5.74) is 0.782. The van der Waals surface area contributed by atoms with Crippen LogP contribution in [0, 0.1) is 23.7 Å². The maximum atomic E-state index is 10.7. The lowest BCUT2D eigenvalue weighted by molar-refractivity contribution is -0.105. The molecule has 0 radical (unpaired) electrons. The normalized spacial score (nSPS) is 28.8. The van der Waals surface area contributed by atoms with Crippen LogP contribution in [0.1, 0.15) is 46.5 Å². The largest absolute Gasteiger partial charge is 0.298 e. The molecule has 0 aromatic carbocycles. The van der Waals surface area contributed by atoms with Gasteiger partial charge in [0.1, 0.15) is 6.29 Å². The highest BCUT2D eigenvalue weighted by Crippen LogP contribution is 2.38. The Morgan fingerprint density at radius 2 is 1.87 bits per heavy atom. The molecule has 3 atom stereocenters. The molecule has 86 valence electrons. The highest BCUT2D eigenvalue weighted by molar-refractivity contribution is 5.72. The van der Waals surface area contributed by atoms with Gasteiger partial charge in [-0.3, -0.25) is 4.79 Å². The average Bonchev–Trinajstić information content (AvgIpc) is 2.27. The first-order valence-corrected chi connectivity index (χ1v) is 6.20. The Balaban J connectivity index is 2.55. The molecule has 0 aromatic heterocycles. The lowest BCUT2D eigenvalue weighted by atomic mass is 9.71. The summed E-state index contributed by atoms with van der Waals surface area (Å²) in [6, 6.07) is 0. The van der Waals surface area contributed by atoms with E-state index in [0.717, 1.165) is 23.7 Å². The van der Waals surface area contributed by atoms with E-state index in [-0.39, 0.29) is 0 Å². The van der Waals surface area contributed by atoms with Crippen LogP contribution in [0.15, 0.2) is 12.2 Å². The highest BCUT2D eigenvalue weighted by atomic mass is 16.1. The van der Waals surface area contributed by atoms with E-state index in [2.05, 4.69) is 27.4 Å². The Bertz CT molecular complexity index is 229. The maximum Gasteiger partial charge on any atom is 0.145 e. The molecule has 15 heavy (non-hydrogen) atoms. The molecule has 1 heteroatoms. The number of hydrogen-bond acceptors (Lipinski definition) is 1. The predicted molar refractivity (Wildman–Crippen MR) is 64.7 cm³/mol. The van der Waals surface area contributed by atoms with Crippen molar-refractivity contribution in [1.29, 1.82) is 0 Å². The fraction of sp³-hybridized carbons (Fsp3) is 0.786. The molecule has 0 N–H and O–H groups in total. The van der Waals surface area contributed by atoms with Gasteiger partial charge in [-0.1, -0.05) is 40.2 Å². The lowest BCUT2D eigenvalue weighted by Gasteiger charge is -2.34. The molecule has 1 nitrogen and oxygen atoms in total. The second kappa shape index (κ2) is 5.48. The van der Waals surface area contributed by atoms with Gasteiger partial charge in [-0.05, 0) is 42.1 Å². The lowest BCUT2D eigenvalue weighted by Crippen LogP contribution is -2.25. The topological polar surface area (TPSA) is 17.1 Å². The number of carbonyl (C=O) groups is 1. The Labute approximate surface area is 93.9 Å². The third-order valence-corrected chi connectivity index (χ3v) is 4.14. The Hall–Kier alpha value is -0.590. The van der Waals surface area contributed by atoms with Crippen molar-refractivity contribution < 1.29 is 4.79 Å². The Morgan fingerprint density at radius 3 is 2.40 bits per heavy atom. The van der Waals surface area contributed by atoms with Crippen LogP contribution in [-0.4, -0.2) is 6.29 Å². The van der Waals surface area contributed by atoms with Gasteiger partial charge in [-0.25, -0.2) is 0 Å². The standard InChI is InChI=1S/C14H24O/c1-10(2)13-6-5-7-14(8-13)12(4)11(3)9-15/h9-10,12-14H,3,5-8H2,1-2,4H3. The van der Waals surface area contributed by atoms with Crippen molar-refractivity contribution in [3.05, 3.63) is 12.2 Å². The average molecular weight is 208 g/mol. The van der Waals surface area contributed by atoms with Crippen LogP contribution >= 0.6 is 0 Å². The maximum absolute atomic E-state index is 10.7. The number of rotatable bonds is 4. The highest BCUT2D eigenvalue weighted by Gasteiger charge is 2.28. The fourth-order valence-corrected chi connectivity index (χ4v) is 2.74. The summed E-state index contributed by atoms with van der Waals surface area (Å²) in [6.07, 6.45) is 6.19. The monoisotopic (exact) mass is 208 g/mol. The number of allylic oxidation sites excluding steroid dienone is 1. The fourth-order valence-electron chi connectivity index (χ4n) is 2.74. The van der Waals surface area contributed by atoms with Crippen LogP contribution in [0.3, 0.4) is 0 Å². The van der Waals surface area contributed by atoms with E-state index < -0.39 is 0 Å².